The van der Waals surface area contributed by atoms with Crippen LogP contribution in [0.25, 0.3) is 0 Å². The molecule has 0 aromatic carbocycles. The van der Waals surface area contributed by atoms with Gasteiger partial charge in [0.15, 0.2) is 0 Å². The minimum absolute atomic E-state index is 0.234. The molecule has 0 spiro atoms. The Morgan fingerprint density at radius 2 is 1.70 bits per heavy atom. The zero-order chi connectivity index (χ0) is 14.8. The molecule has 3 rings (SSSR count). The number of fused-ring (bicyclic) bond motifs is 1. The maximum absolute atomic E-state index is 11.7. The molecule has 4 heteroatoms. The third kappa shape index (κ3) is 3.17. The molecule has 116 valence electrons. The van der Waals surface area contributed by atoms with Crippen molar-refractivity contribution in [3.05, 3.63) is 0 Å². The zero-order valence-electron chi connectivity index (χ0n) is 13.3. The van der Waals surface area contributed by atoms with Gasteiger partial charge in [0.1, 0.15) is 0 Å². The fourth-order valence-corrected chi connectivity index (χ4v) is 3.66. The van der Waals surface area contributed by atoms with E-state index in [0.29, 0.717) is 30.8 Å². The van der Waals surface area contributed by atoms with Crippen molar-refractivity contribution in [1.29, 1.82) is 0 Å². The second-order valence-corrected chi connectivity index (χ2v) is 6.52. The molecule has 1 saturated carbocycles. The Labute approximate surface area is 123 Å². The Balaban J connectivity index is 0.000000704. The van der Waals surface area contributed by atoms with Gasteiger partial charge in [0, 0.05) is 51.2 Å². The summed E-state index contributed by atoms with van der Waals surface area (Å²) in [5.41, 5.74) is 0.234. The van der Waals surface area contributed by atoms with E-state index in [1.165, 1.54) is 12.8 Å². The normalized spacial score (nSPS) is 30.7. The highest BCUT2D eigenvalue weighted by atomic mass is 16.3. The monoisotopic (exact) mass is 282 g/mol. The number of aliphatic hydroxyl groups is 1. The van der Waals surface area contributed by atoms with E-state index in [-0.39, 0.29) is 5.41 Å². The summed E-state index contributed by atoms with van der Waals surface area (Å²) in [5, 5.41) is 9.39. The van der Waals surface area contributed by atoms with E-state index in [0.717, 1.165) is 32.7 Å². The van der Waals surface area contributed by atoms with Gasteiger partial charge in [-0.15, -0.1) is 0 Å². The van der Waals surface area contributed by atoms with Crippen LogP contribution in [0.3, 0.4) is 0 Å². The summed E-state index contributed by atoms with van der Waals surface area (Å²) in [5.74, 6) is 1.66. The van der Waals surface area contributed by atoms with Crippen LogP contribution in [0.2, 0.25) is 0 Å². The Morgan fingerprint density at radius 1 is 1.15 bits per heavy atom. The number of carbonyl (C=O) groups excluding carboxylic acids is 1. The number of carbonyl (C=O) groups is 1. The first-order valence-electron chi connectivity index (χ1n) is 8.27. The molecule has 0 bridgehead atoms. The van der Waals surface area contributed by atoms with Crippen molar-refractivity contribution in [3.8, 4) is 0 Å². The van der Waals surface area contributed by atoms with Crippen LogP contribution < -0.4 is 0 Å². The van der Waals surface area contributed by atoms with Gasteiger partial charge in [-0.2, -0.15) is 0 Å². The van der Waals surface area contributed by atoms with Gasteiger partial charge < -0.3 is 14.9 Å². The molecule has 0 radical (unpaired) electrons. The topological polar surface area (TPSA) is 43.8 Å². The highest BCUT2D eigenvalue weighted by Gasteiger charge is 2.47. The maximum Gasteiger partial charge on any atom is 0.222 e. The quantitative estimate of drug-likeness (QED) is 0.851. The Hall–Kier alpha value is -0.610. The summed E-state index contributed by atoms with van der Waals surface area (Å²) in [6.45, 7) is 11.5. The number of amides is 1. The standard InChI is InChI=1S/C14H24N2O2.C2H6/c1-2-13(18)16-7-11-5-15(6-12(11)8-16)9-14(10-17)3-4-14;1-2/h11-12,17H,2-10H2,1H3;1-2H3. The van der Waals surface area contributed by atoms with E-state index in [2.05, 4.69) is 4.90 Å². The first-order chi connectivity index (χ1) is 9.65. The van der Waals surface area contributed by atoms with Gasteiger partial charge in [0.25, 0.3) is 0 Å². The van der Waals surface area contributed by atoms with Crippen LogP contribution >= 0.6 is 0 Å². The third-order valence-electron chi connectivity index (χ3n) is 5.07. The molecule has 0 aromatic heterocycles. The molecule has 1 N–H and O–H groups in total. The van der Waals surface area contributed by atoms with Crippen molar-refractivity contribution in [2.45, 2.75) is 40.0 Å². The van der Waals surface area contributed by atoms with E-state index >= 15 is 0 Å². The largest absolute Gasteiger partial charge is 0.396 e. The lowest BCUT2D eigenvalue weighted by atomic mass is 10.0. The molecular formula is C16H30N2O2. The number of likely N-dealkylation sites (tertiary alicyclic amines) is 2. The minimum Gasteiger partial charge on any atom is -0.396 e. The molecule has 20 heavy (non-hydrogen) atoms. The molecule has 2 unspecified atom stereocenters. The van der Waals surface area contributed by atoms with Gasteiger partial charge in [-0.25, -0.2) is 0 Å². The Kier molecular flexibility index (Phi) is 5.08. The highest BCUT2D eigenvalue weighted by Crippen LogP contribution is 2.47. The van der Waals surface area contributed by atoms with Crippen molar-refractivity contribution in [3.63, 3.8) is 0 Å². The second kappa shape index (κ2) is 6.44. The number of hydrogen-bond acceptors (Lipinski definition) is 3. The van der Waals surface area contributed by atoms with E-state index in [1.807, 2.05) is 25.7 Å². The predicted molar refractivity (Wildman–Crippen MR) is 80.4 cm³/mol. The van der Waals surface area contributed by atoms with Crippen LogP contribution in [0.15, 0.2) is 0 Å². The van der Waals surface area contributed by atoms with Gasteiger partial charge in [-0.3, -0.25) is 4.79 Å². The van der Waals surface area contributed by atoms with Gasteiger partial charge in [0.2, 0.25) is 5.91 Å². The first kappa shape index (κ1) is 15.8. The van der Waals surface area contributed by atoms with Crippen LogP contribution in [0, 0.1) is 17.3 Å². The van der Waals surface area contributed by atoms with E-state index < -0.39 is 0 Å². The van der Waals surface area contributed by atoms with E-state index in [1.54, 1.807) is 0 Å². The lowest BCUT2D eigenvalue weighted by Gasteiger charge is -2.24. The molecule has 0 aromatic rings. The van der Waals surface area contributed by atoms with Crippen LogP contribution in [-0.4, -0.2) is 60.1 Å². The molecule has 2 atom stereocenters. The summed E-state index contributed by atoms with van der Waals surface area (Å²) >= 11 is 0. The number of nitrogens with zero attached hydrogens (tertiary/aromatic N) is 2. The summed E-state index contributed by atoms with van der Waals surface area (Å²) < 4.78 is 0. The van der Waals surface area contributed by atoms with Crippen LogP contribution in [0.1, 0.15) is 40.0 Å². The first-order valence-corrected chi connectivity index (χ1v) is 8.27. The number of hydrogen-bond donors (Lipinski definition) is 1. The summed E-state index contributed by atoms with van der Waals surface area (Å²) in [6.07, 6.45) is 3.02. The van der Waals surface area contributed by atoms with Crippen LogP contribution in [0.5, 0.6) is 0 Å². The second-order valence-electron chi connectivity index (χ2n) is 6.52. The lowest BCUT2D eigenvalue weighted by molar-refractivity contribution is -0.130. The highest BCUT2D eigenvalue weighted by molar-refractivity contribution is 5.76. The fraction of sp³-hybridized carbons (Fsp3) is 0.938. The SMILES string of the molecule is CC.CCC(=O)N1CC2CN(CC3(CO)CC3)CC2C1. The summed E-state index contributed by atoms with van der Waals surface area (Å²) in [7, 11) is 0. The summed E-state index contributed by atoms with van der Waals surface area (Å²) in [4.78, 5) is 16.3. The molecule has 3 aliphatic rings. The fourth-order valence-electron chi connectivity index (χ4n) is 3.66. The Morgan fingerprint density at radius 3 is 2.10 bits per heavy atom. The number of rotatable bonds is 4. The van der Waals surface area contributed by atoms with E-state index in [4.69, 9.17) is 0 Å². The molecule has 2 aliphatic heterocycles. The van der Waals surface area contributed by atoms with Crippen LogP contribution in [0.4, 0.5) is 0 Å². The van der Waals surface area contributed by atoms with Crippen molar-refractivity contribution < 1.29 is 9.90 Å². The Bertz CT molecular complexity index is 327. The van der Waals surface area contributed by atoms with E-state index in [9.17, 15) is 9.90 Å². The molecule has 4 nitrogen and oxygen atoms in total. The minimum atomic E-state index is 0.234. The van der Waals surface area contributed by atoms with Gasteiger partial charge in [-0.1, -0.05) is 20.8 Å². The number of aliphatic hydroxyl groups excluding tert-OH is 1. The van der Waals surface area contributed by atoms with Crippen molar-refractivity contribution in [1.82, 2.24) is 9.80 Å². The average molecular weight is 282 g/mol. The van der Waals surface area contributed by atoms with Gasteiger partial charge >= 0.3 is 0 Å². The molecule has 2 saturated heterocycles. The lowest BCUT2D eigenvalue weighted by Crippen LogP contribution is -2.35. The van der Waals surface area contributed by atoms with Crippen molar-refractivity contribution in [2.24, 2.45) is 17.3 Å². The van der Waals surface area contributed by atoms with Gasteiger partial charge in [0.05, 0.1) is 0 Å². The molecular weight excluding hydrogens is 252 g/mol. The smallest absolute Gasteiger partial charge is 0.222 e. The van der Waals surface area contributed by atoms with Crippen LogP contribution in [-0.2, 0) is 4.79 Å². The third-order valence-corrected chi connectivity index (χ3v) is 5.07. The molecule has 2 heterocycles. The van der Waals surface area contributed by atoms with Crippen molar-refractivity contribution >= 4 is 5.91 Å². The zero-order valence-corrected chi connectivity index (χ0v) is 13.3. The predicted octanol–water partition coefficient (Wildman–Crippen LogP) is 1.59. The maximum atomic E-state index is 11.7. The molecule has 3 fully saturated rings. The van der Waals surface area contributed by atoms with Gasteiger partial charge in [-0.05, 0) is 24.7 Å². The molecule has 1 amide bonds. The van der Waals surface area contributed by atoms with Crippen molar-refractivity contribution in [2.75, 3.05) is 39.3 Å². The molecule has 1 aliphatic carbocycles. The average Bonchev–Trinajstić information content (AvgIpc) is 2.98. The summed E-state index contributed by atoms with van der Waals surface area (Å²) in [6, 6.07) is 0.